The molecule has 2 N–H and O–H groups in total. The Balaban J connectivity index is 0.00000176. The molecule has 0 bridgehead atoms. The first kappa shape index (κ1) is 18.1. The smallest absolute Gasteiger partial charge is 0.225 e. The minimum absolute atomic E-state index is 0. The van der Waals surface area contributed by atoms with E-state index in [1.165, 1.54) is 51.4 Å². The largest absolute Gasteiger partial charge is 0.342 e. The Labute approximate surface area is 141 Å². The second-order valence-electron chi connectivity index (χ2n) is 7.68. The molecule has 128 valence electrons. The van der Waals surface area contributed by atoms with Gasteiger partial charge in [-0.05, 0) is 62.8 Å². The van der Waals surface area contributed by atoms with Gasteiger partial charge in [0.2, 0.25) is 5.91 Å². The van der Waals surface area contributed by atoms with Gasteiger partial charge in [0.05, 0.1) is 0 Å². The number of carbonyl (C=O) groups excluding carboxylic acids is 1. The number of nitrogens with two attached hydrogens (primary N) is 1. The number of likely N-dealkylation sites (tertiary alicyclic amines) is 1. The van der Waals surface area contributed by atoms with Crippen LogP contribution in [0.15, 0.2) is 0 Å². The Kier molecular flexibility index (Phi) is 7.01. The average Bonchev–Trinajstić information content (AvgIpc) is 2.54. The number of rotatable bonds is 3. The van der Waals surface area contributed by atoms with Gasteiger partial charge < -0.3 is 10.6 Å². The summed E-state index contributed by atoms with van der Waals surface area (Å²) >= 11 is 0. The van der Waals surface area contributed by atoms with E-state index in [4.69, 9.17) is 5.73 Å². The molecule has 0 radical (unpaired) electrons. The van der Waals surface area contributed by atoms with Crippen LogP contribution in [0.25, 0.3) is 0 Å². The fourth-order valence-corrected chi connectivity index (χ4v) is 5.09. The maximum atomic E-state index is 12.9. The average molecular weight is 329 g/mol. The van der Waals surface area contributed by atoms with Gasteiger partial charge in [-0.2, -0.15) is 0 Å². The first-order valence-electron chi connectivity index (χ1n) is 9.26. The highest BCUT2D eigenvalue weighted by molar-refractivity contribution is 5.85. The molecule has 2 aliphatic carbocycles. The number of carbonyl (C=O) groups is 1. The summed E-state index contributed by atoms with van der Waals surface area (Å²) in [5.41, 5.74) is 5.69. The molecule has 0 aromatic rings. The van der Waals surface area contributed by atoms with Crippen molar-refractivity contribution in [2.75, 3.05) is 19.6 Å². The topological polar surface area (TPSA) is 46.3 Å². The molecule has 3 rings (SSSR count). The van der Waals surface area contributed by atoms with Crippen molar-refractivity contribution in [3.8, 4) is 0 Å². The van der Waals surface area contributed by atoms with Crippen molar-refractivity contribution in [1.29, 1.82) is 0 Å². The number of halogens is 1. The van der Waals surface area contributed by atoms with Gasteiger partial charge in [0, 0.05) is 19.0 Å². The molecule has 3 aliphatic rings. The van der Waals surface area contributed by atoms with Gasteiger partial charge in [0.1, 0.15) is 0 Å². The zero-order chi connectivity index (χ0) is 14.7. The van der Waals surface area contributed by atoms with E-state index >= 15 is 0 Å². The summed E-state index contributed by atoms with van der Waals surface area (Å²) in [6, 6.07) is 0. The number of piperidine rings is 1. The Bertz CT molecular complexity index is 361. The van der Waals surface area contributed by atoms with Gasteiger partial charge in [-0.3, -0.25) is 4.79 Å². The van der Waals surface area contributed by atoms with Gasteiger partial charge in [-0.1, -0.05) is 25.7 Å². The predicted octanol–water partition coefficient (Wildman–Crippen LogP) is 3.60. The van der Waals surface area contributed by atoms with Crippen molar-refractivity contribution in [3.05, 3.63) is 0 Å². The van der Waals surface area contributed by atoms with Crippen molar-refractivity contribution in [1.82, 2.24) is 4.90 Å². The van der Waals surface area contributed by atoms with E-state index in [-0.39, 0.29) is 12.4 Å². The fourth-order valence-electron chi connectivity index (χ4n) is 5.09. The molecule has 0 spiro atoms. The summed E-state index contributed by atoms with van der Waals surface area (Å²) in [5.74, 6) is 3.25. The fraction of sp³-hybridized carbons (Fsp3) is 0.944. The maximum Gasteiger partial charge on any atom is 0.225 e. The van der Waals surface area contributed by atoms with Crippen LogP contribution in [0.5, 0.6) is 0 Å². The normalized spacial score (nSPS) is 35.4. The monoisotopic (exact) mass is 328 g/mol. The lowest BCUT2D eigenvalue weighted by Gasteiger charge is -2.41. The molecular formula is C18H33ClN2O. The van der Waals surface area contributed by atoms with E-state index in [1.54, 1.807) is 0 Å². The van der Waals surface area contributed by atoms with Gasteiger partial charge in [-0.25, -0.2) is 0 Å². The maximum absolute atomic E-state index is 12.9. The molecule has 0 aromatic carbocycles. The third kappa shape index (κ3) is 4.17. The van der Waals surface area contributed by atoms with Crippen molar-refractivity contribution in [3.63, 3.8) is 0 Å². The standard InChI is InChI=1S/C18H32N2O.ClH/c19-10-9-14-4-3-11-20(13-14)18(21)17-8-7-15-5-1-2-6-16(15)12-17;/h14-17H,1-13,19H2;1H. The highest BCUT2D eigenvalue weighted by Gasteiger charge is 2.37. The summed E-state index contributed by atoms with van der Waals surface area (Å²) in [4.78, 5) is 15.1. The second-order valence-corrected chi connectivity index (χ2v) is 7.68. The minimum Gasteiger partial charge on any atom is -0.342 e. The lowest BCUT2D eigenvalue weighted by Crippen LogP contribution is -2.45. The molecule has 0 aromatic heterocycles. The van der Waals surface area contributed by atoms with Crippen molar-refractivity contribution >= 4 is 18.3 Å². The number of nitrogens with zero attached hydrogens (tertiary/aromatic N) is 1. The summed E-state index contributed by atoms with van der Waals surface area (Å²) in [7, 11) is 0. The number of fused-ring (bicyclic) bond motifs is 1. The second kappa shape index (κ2) is 8.54. The summed E-state index contributed by atoms with van der Waals surface area (Å²) < 4.78 is 0. The van der Waals surface area contributed by atoms with E-state index in [1.807, 2.05) is 0 Å². The summed E-state index contributed by atoms with van der Waals surface area (Å²) in [5, 5.41) is 0. The molecule has 3 fully saturated rings. The summed E-state index contributed by atoms with van der Waals surface area (Å²) in [6.45, 7) is 2.73. The zero-order valence-corrected chi connectivity index (χ0v) is 14.7. The Morgan fingerprint density at radius 2 is 1.77 bits per heavy atom. The molecule has 1 heterocycles. The minimum atomic E-state index is 0. The zero-order valence-electron chi connectivity index (χ0n) is 13.8. The third-order valence-corrected chi connectivity index (χ3v) is 6.29. The lowest BCUT2D eigenvalue weighted by atomic mass is 9.67. The van der Waals surface area contributed by atoms with Crippen molar-refractivity contribution in [2.24, 2.45) is 29.4 Å². The highest BCUT2D eigenvalue weighted by Crippen LogP contribution is 2.43. The van der Waals surface area contributed by atoms with Crippen LogP contribution >= 0.6 is 12.4 Å². The first-order chi connectivity index (χ1) is 10.3. The lowest BCUT2D eigenvalue weighted by molar-refractivity contribution is -0.139. The predicted molar refractivity (Wildman–Crippen MR) is 93.0 cm³/mol. The Hall–Kier alpha value is -0.280. The van der Waals surface area contributed by atoms with Crippen LogP contribution < -0.4 is 5.73 Å². The van der Waals surface area contributed by atoms with Crippen molar-refractivity contribution in [2.45, 2.75) is 64.2 Å². The Morgan fingerprint density at radius 3 is 2.55 bits per heavy atom. The highest BCUT2D eigenvalue weighted by atomic mass is 35.5. The van der Waals surface area contributed by atoms with Crippen molar-refractivity contribution < 1.29 is 4.79 Å². The quantitative estimate of drug-likeness (QED) is 0.860. The van der Waals surface area contributed by atoms with E-state index in [2.05, 4.69) is 4.90 Å². The molecule has 4 heteroatoms. The third-order valence-electron chi connectivity index (χ3n) is 6.29. The molecule has 4 unspecified atom stereocenters. The SMILES string of the molecule is Cl.NCCC1CCCN(C(=O)C2CCC3CCCCC3C2)C1. The van der Waals surface area contributed by atoms with Gasteiger partial charge in [0.25, 0.3) is 0 Å². The van der Waals surface area contributed by atoms with Crippen LogP contribution in [0.1, 0.15) is 64.2 Å². The van der Waals surface area contributed by atoms with Crippen LogP contribution in [0.2, 0.25) is 0 Å². The molecule has 4 atom stereocenters. The van der Waals surface area contributed by atoms with Crippen LogP contribution in [0.4, 0.5) is 0 Å². The molecule has 22 heavy (non-hydrogen) atoms. The molecule has 2 saturated carbocycles. The van der Waals surface area contributed by atoms with Gasteiger partial charge >= 0.3 is 0 Å². The number of hydrogen-bond donors (Lipinski definition) is 1. The van der Waals surface area contributed by atoms with Gasteiger partial charge in [-0.15, -0.1) is 12.4 Å². The Morgan fingerprint density at radius 1 is 1.00 bits per heavy atom. The molecule has 1 aliphatic heterocycles. The van der Waals surface area contributed by atoms with Gasteiger partial charge in [0.15, 0.2) is 0 Å². The van der Waals surface area contributed by atoms with Crippen LogP contribution in [0, 0.1) is 23.7 Å². The molecule has 1 amide bonds. The molecule has 1 saturated heterocycles. The van der Waals surface area contributed by atoms with E-state index in [0.29, 0.717) is 17.7 Å². The number of hydrogen-bond acceptors (Lipinski definition) is 2. The van der Waals surface area contributed by atoms with E-state index < -0.39 is 0 Å². The number of amides is 1. The first-order valence-corrected chi connectivity index (χ1v) is 9.26. The summed E-state index contributed by atoms with van der Waals surface area (Å²) in [6.07, 6.45) is 12.8. The van der Waals surface area contributed by atoms with E-state index in [9.17, 15) is 4.79 Å². The van der Waals surface area contributed by atoms with Crippen LogP contribution in [-0.4, -0.2) is 30.4 Å². The van der Waals surface area contributed by atoms with Crippen LogP contribution in [0.3, 0.4) is 0 Å². The molecule has 3 nitrogen and oxygen atoms in total. The van der Waals surface area contributed by atoms with E-state index in [0.717, 1.165) is 44.3 Å². The molecular weight excluding hydrogens is 296 g/mol. The van der Waals surface area contributed by atoms with Crippen LogP contribution in [-0.2, 0) is 4.79 Å².